The van der Waals surface area contributed by atoms with Crippen molar-refractivity contribution in [1.29, 1.82) is 0 Å². The summed E-state index contributed by atoms with van der Waals surface area (Å²) in [4.78, 5) is 29.4. The first kappa shape index (κ1) is 20.0. The maximum absolute atomic E-state index is 12.3. The molecule has 0 saturated carbocycles. The van der Waals surface area contributed by atoms with E-state index >= 15 is 0 Å². The molecule has 1 aromatic heterocycles. The summed E-state index contributed by atoms with van der Waals surface area (Å²) < 4.78 is 5.26. The molecule has 1 aliphatic heterocycles. The average Bonchev–Trinajstić information content (AvgIpc) is 2.68. The number of ether oxygens (including phenoxy) is 1. The van der Waals surface area contributed by atoms with Crippen molar-refractivity contribution in [3.05, 3.63) is 51.2 Å². The van der Waals surface area contributed by atoms with Gasteiger partial charge >= 0.3 is 0 Å². The van der Waals surface area contributed by atoms with E-state index < -0.39 is 0 Å². The fraction of sp³-hybridized carbons (Fsp3) is 0.524. The molecule has 7 nitrogen and oxygen atoms in total. The van der Waals surface area contributed by atoms with Gasteiger partial charge in [0.05, 0.1) is 7.11 Å². The number of aromatic nitrogens is 3. The van der Waals surface area contributed by atoms with E-state index in [1.807, 2.05) is 30.0 Å². The van der Waals surface area contributed by atoms with E-state index in [0.717, 1.165) is 42.8 Å². The van der Waals surface area contributed by atoms with Crippen LogP contribution in [0.3, 0.4) is 0 Å². The minimum atomic E-state index is -0.268. The van der Waals surface area contributed by atoms with E-state index in [0.29, 0.717) is 36.7 Å². The minimum Gasteiger partial charge on any atom is -0.496 e. The van der Waals surface area contributed by atoms with Crippen LogP contribution < -0.4 is 10.3 Å². The molecule has 0 atom stereocenters. The lowest BCUT2D eigenvalue weighted by Gasteiger charge is -2.30. The highest BCUT2D eigenvalue weighted by Gasteiger charge is 2.20. The first-order chi connectivity index (χ1) is 13.5. The number of rotatable bonds is 6. The Hall–Kier alpha value is -2.70. The second kappa shape index (κ2) is 8.99. The summed E-state index contributed by atoms with van der Waals surface area (Å²) in [5, 5.41) is 8.22. The number of methoxy groups -OCH3 is 1. The van der Waals surface area contributed by atoms with Gasteiger partial charge in [0.1, 0.15) is 17.3 Å². The van der Waals surface area contributed by atoms with Gasteiger partial charge in [0.25, 0.3) is 5.56 Å². The van der Waals surface area contributed by atoms with Gasteiger partial charge in [-0.25, -0.2) is 0 Å². The molecular formula is C21H28N4O3. The molecule has 1 saturated heterocycles. The zero-order chi connectivity index (χ0) is 20.1. The number of carbonyl (C=O) groups excluding carboxylic acids is 1. The highest BCUT2D eigenvalue weighted by atomic mass is 16.5. The van der Waals surface area contributed by atoms with E-state index in [9.17, 15) is 9.59 Å². The number of nitrogens with one attached hydrogen (secondary N) is 1. The summed E-state index contributed by atoms with van der Waals surface area (Å²) in [5.41, 5.74) is 2.09. The van der Waals surface area contributed by atoms with Crippen LogP contribution in [0.25, 0.3) is 0 Å². The molecule has 3 rings (SSSR count). The van der Waals surface area contributed by atoms with Gasteiger partial charge in [0, 0.05) is 32.4 Å². The monoisotopic (exact) mass is 384 g/mol. The Morgan fingerprint density at radius 1 is 1.29 bits per heavy atom. The van der Waals surface area contributed by atoms with Crippen LogP contribution in [-0.2, 0) is 17.6 Å². The Bertz CT molecular complexity index is 885. The van der Waals surface area contributed by atoms with E-state index in [2.05, 4.69) is 22.1 Å². The summed E-state index contributed by atoms with van der Waals surface area (Å²) in [7, 11) is 1.64. The number of aryl methyl sites for hydroxylation is 2. The predicted molar refractivity (Wildman–Crippen MR) is 106 cm³/mol. The van der Waals surface area contributed by atoms with Crippen LogP contribution in [0.5, 0.6) is 5.75 Å². The van der Waals surface area contributed by atoms with Crippen LogP contribution >= 0.6 is 0 Å². The lowest BCUT2D eigenvalue weighted by molar-refractivity contribution is -0.132. The molecule has 0 unspecified atom stereocenters. The molecule has 1 amide bonds. The molecular weight excluding hydrogens is 356 g/mol. The van der Waals surface area contributed by atoms with Crippen molar-refractivity contribution < 1.29 is 9.53 Å². The molecule has 28 heavy (non-hydrogen) atoms. The number of hydrogen-bond donors (Lipinski definition) is 1. The van der Waals surface area contributed by atoms with Crippen molar-refractivity contribution in [2.24, 2.45) is 5.92 Å². The molecule has 0 aliphatic carbocycles. The van der Waals surface area contributed by atoms with Gasteiger partial charge < -0.3 is 14.6 Å². The number of aromatic amines is 1. The van der Waals surface area contributed by atoms with Gasteiger partial charge in [-0.15, -0.1) is 10.2 Å². The molecule has 2 heterocycles. The third kappa shape index (κ3) is 4.97. The lowest BCUT2D eigenvalue weighted by Crippen LogP contribution is -2.38. The van der Waals surface area contributed by atoms with Crippen LogP contribution in [-0.4, -0.2) is 46.2 Å². The van der Waals surface area contributed by atoms with Crippen LogP contribution in [0.4, 0.5) is 0 Å². The molecule has 0 bridgehead atoms. The topological polar surface area (TPSA) is 88.2 Å². The second-order valence-corrected chi connectivity index (χ2v) is 7.59. The highest BCUT2D eigenvalue weighted by molar-refractivity contribution is 5.76. The third-order valence-electron chi connectivity index (χ3n) is 5.35. The normalized spacial score (nSPS) is 14.9. The van der Waals surface area contributed by atoms with Crippen molar-refractivity contribution in [3.8, 4) is 5.75 Å². The molecule has 150 valence electrons. The van der Waals surface area contributed by atoms with E-state index in [4.69, 9.17) is 4.74 Å². The Kier molecular flexibility index (Phi) is 6.44. The van der Waals surface area contributed by atoms with Crippen molar-refractivity contribution >= 4 is 5.91 Å². The SMILES string of the molecule is COc1ccc(Cc2nnc(CCC(=O)N3CCC(C)CC3)c(=O)[nH]2)cc1C. The fourth-order valence-electron chi connectivity index (χ4n) is 3.52. The van der Waals surface area contributed by atoms with Crippen LogP contribution in [0.15, 0.2) is 23.0 Å². The van der Waals surface area contributed by atoms with E-state index in [1.165, 1.54) is 0 Å². The Balaban J connectivity index is 1.58. The first-order valence-corrected chi connectivity index (χ1v) is 9.82. The number of nitrogens with zero attached hydrogens (tertiary/aromatic N) is 3. The second-order valence-electron chi connectivity index (χ2n) is 7.59. The van der Waals surface area contributed by atoms with E-state index in [-0.39, 0.29) is 11.5 Å². The summed E-state index contributed by atoms with van der Waals surface area (Å²) in [6, 6.07) is 5.85. The number of benzene rings is 1. The molecule has 1 fully saturated rings. The van der Waals surface area contributed by atoms with Crippen molar-refractivity contribution in [2.45, 2.75) is 46.0 Å². The van der Waals surface area contributed by atoms with Gasteiger partial charge in [-0.3, -0.25) is 9.59 Å². The van der Waals surface area contributed by atoms with Crippen molar-refractivity contribution in [3.63, 3.8) is 0 Å². The van der Waals surface area contributed by atoms with Crippen LogP contribution in [0, 0.1) is 12.8 Å². The Labute approximate surface area is 165 Å². The average molecular weight is 384 g/mol. The number of amides is 1. The molecule has 0 radical (unpaired) electrons. The molecule has 1 N–H and O–H groups in total. The minimum absolute atomic E-state index is 0.0888. The first-order valence-electron chi connectivity index (χ1n) is 9.82. The molecule has 2 aromatic rings. The predicted octanol–water partition coefficient (Wildman–Crippen LogP) is 2.26. The largest absolute Gasteiger partial charge is 0.496 e. The maximum Gasteiger partial charge on any atom is 0.272 e. The molecule has 7 heteroatoms. The summed E-state index contributed by atoms with van der Waals surface area (Å²) in [5.74, 6) is 2.10. The number of likely N-dealkylation sites (tertiary alicyclic amines) is 1. The number of carbonyl (C=O) groups is 1. The van der Waals surface area contributed by atoms with Gasteiger partial charge in [0.15, 0.2) is 0 Å². The van der Waals surface area contributed by atoms with Gasteiger partial charge in [-0.05, 0) is 42.9 Å². The zero-order valence-electron chi connectivity index (χ0n) is 16.8. The highest BCUT2D eigenvalue weighted by Crippen LogP contribution is 2.19. The standard InChI is InChI=1S/C21H28N4O3/c1-14-8-10-25(11-9-14)20(26)7-5-17-21(27)22-19(24-23-17)13-16-4-6-18(28-3)15(2)12-16/h4,6,12,14H,5,7-11,13H2,1-3H3,(H,22,24,27). The van der Waals surface area contributed by atoms with Gasteiger partial charge in [-0.2, -0.15) is 0 Å². The third-order valence-corrected chi connectivity index (χ3v) is 5.35. The maximum atomic E-state index is 12.3. The molecule has 0 spiro atoms. The summed E-state index contributed by atoms with van der Waals surface area (Å²) >= 11 is 0. The zero-order valence-corrected chi connectivity index (χ0v) is 16.8. The van der Waals surface area contributed by atoms with Crippen LogP contribution in [0.1, 0.15) is 48.8 Å². The quantitative estimate of drug-likeness (QED) is 0.825. The smallest absolute Gasteiger partial charge is 0.272 e. The van der Waals surface area contributed by atoms with Crippen LogP contribution in [0.2, 0.25) is 0 Å². The number of piperidine rings is 1. The summed E-state index contributed by atoms with van der Waals surface area (Å²) in [6.07, 6.45) is 3.19. The number of H-pyrrole nitrogens is 1. The van der Waals surface area contributed by atoms with E-state index in [1.54, 1.807) is 7.11 Å². The molecule has 1 aliphatic rings. The van der Waals surface area contributed by atoms with Gasteiger partial charge in [-0.1, -0.05) is 19.1 Å². The lowest BCUT2D eigenvalue weighted by atomic mass is 9.99. The van der Waals surface area contributed by atoms with Gasteiger partial charge in [0.2, 0.25) is 5.91 Å². The Morgan fingerprint density at radius 2 is 2.04 bits per heavy atom. The Morgan fingerprint density at radius 3 is 2.68 bits per heavy atom. The van der Waals surface area contributed by atoms with Crippen molar-refractivity contribution in [1.82, 2.24) is 20.1 Å². The van der Waals surface area contributed by atoms with Crippen molar-refractivity contribution in [2.75, 3.05) is 20.2 Å². The molecule has 1 aromatic carbocycles. The number of hydrogen-bond acceptors (Lipinski definition) is 5. The summed E-state index contributed by atoms with van der Waals surface area (Å²) in [6.45, 7) is 5.80. The fourth-order valence-corrected chi connectivity index (χ4v) is 3.52.